The molecular formula is C23H29N3O4S. The van der Waals surface area contributed by atoms with Crippen LogP contribution in [0, 0.1) is 5.92 Å². The number of likely N-dealkylation sites (tertiary alicyclic amines) is 1. The summed E-state index contributed by atoms with van der Waals surface area (Å²) >= 11 is 0. The van der Waals surface area contributed by atoms with Crippen molar-refractivity contribution in [3.05, 3.63) is 65.2 Å². The summed E-state index contributed by atoms with van der Waals surface area (Å²) in [4.78, 5) is 26.0. The molecule has 1 heterocycles. The van der Waals surface area contributed by atoms with Crippen molar-refractivity contribution in [3.63, 3.8) is 0 Å². The van der Waals surface area contributed by atoms with E-state index >= 15 is 0 Å². The van der Waals surface area contributed by atoms with E-state index in [1.54, 1.807) is 24.3 Å². The van der Waals surface area contributed by atoms with E-state index < -0.39 is 9.84 Å². The molecule has 0 spiro atoms. The van der Waals surface area contributed by atoms with Gasteiger partial charge in [-0.15, -0.1) is 0 Å². The average Bonchev–Trinajstić information content (AvgIpc) is 2.73. The van der Waals surface area contributed by atoms with Gasteiger partial charge in [0, 0.05) is 30.0 Å². The molecule has 1 aliphatic rings. The summed E-state index contributed by atoms with van der Waals surface area (Å²) in [6, 6.07) is 14.3. The van der Waals surface area contributed by atoms with Crippen molar-refractivity contribution >= 4 is 27.3 Å². The number of benzene rings is 2. The lowest BCUT2D eigenvalue weighted by molar-refractivity contribution is -0.123. The van der Waals surface area contributed by atoms with E-state index in [-0.39, 0.29) is 23.5 Å². The monoisotopic (exact) mass is 443 g/mol. The standard InChI is InChI=1S/C23H29N3O4S/c1-31(29,30)16-18-2-6-20(7-3-18)23(28)25-21-8-4-17(5-9-21)10-13-26-14-11-19(12-15-26)22(24)27/h2-9,19H,10-16H2,1H3,(H2,24,27)(H,25,28). The number of rotatable bonds is 8. The number of primary amides is 1. The molecule has 7 nitrogen and oxygen atoms in total. The Kier molecular flexibility index (Phi) is 7.46. The molecule has 166 valence electrons. The molecule has 3 rings (SSSR count). The third kappa shape index (κ3) is 7.18. The Bertz CT molecular complexity index is 1010. The number of nitrogens with two attached hydrogens (primary N) is 1. The van der Waals surface area contributed by atoms with Gasteiger partial charge in [-0.1, -0.05) is 24.3 Å². The first-order chi connectivity index (χ1) is 14.7. The van der Waals surface area contributed by atoms with Crippen LogP contribution in [0.1, 0.15) is 34.3 Å². The molecule has 1 aliphatic heterocycles. The van der Waals surface area contributed by atoms with Crippen molar-refractivity contribution in [2.24, 2.45) is 11.7 Å². The van der Waals surface area contributed by atoms with Crippen LogP contribution in [-0.2, 0) is 26.8 Å². The Labute approximate surface area is 183 Å². The molecule has 0 unspecified atom stereocenters. The minimum Gasteiger partial charge on any atom is -0.369 e. The van der Waals surface area contributed by atoms with Gasteiger partial charge in [-0.2, -0.15) is 0 Å². The molecule has 3 N–H and O–H groups in total. The highest BCUT2D eigenvalue weighted by atomic mass is 32.2. The van der Waals surface area contributed by atoms with Crippen LogP contribution >= 0.6 is 0 Å². The Morgan fingerprint density at radius 1 is 1.00 bits per heavy atom. The van der Waals surface area contributed by atoms with E-state index in [4.69, 9.17) is 5.73 Å². The second kappa shape index (κ2) is 10.1. The third-order valence-electron chi connectivity index (χ3n) is 5.56. The van der Waals surface area contributed by atoms with Crippen LogP contribution in [0.3, 0.4) is 0 Å². The molecule has 0 aliphatic carbocycles. The molecule has 0 saturated carbocycles. The zero-order valence-electron chi connectivity index (χ0n) is 17.7. The van der Waals surface area contributed by atoms with Crippen LogP contribution < -0.4 is 11.1 Å². The van der Waals surface area contributed by atoms with Crippen molar-refractivity contribution in [2.75, 3.05) is 31.2 Å². The first-order valence-electron chi connectivity index (χ1n) is 10.4. The molecule has 0 aromatic heterocycles. The highest BCUT2D eigenvalue weighted by molar-refractivity contribution is 7.89. The van der Waals surface area contributed by atoms with Crippen LogP contribution in [0.2, 0.25) is 0 Å². The van der Waals surface area contributed by atoms with Crippen LogP contribution in [0.4, 0.5) is 5.69 Å². The van der Waals surface area contributed by atoms with Crippen LogP contribution in [0.25, 0.3) is 0 Å². The van der Waals surface area contributed by atoms with Gasteiger partial charge in [-0.3, -0.25) is 9.59 Å². The van der Waals surface area contributed by atoms with Gasteiger partial charge in [0.05, 0.1) is 5.75 Å². The average molecular weight is 444 g/mol. The van der Waals surface area contributed by atoms with Crippen LogP contribution in [0.15, 0.2) is 48.5 Å². The molecule has 2 aromatic carbocycles. The molecule has 2 aromatic rings. The van der Waals surface area contributed by atoms with E-state index in [0.29, 0.717) is 16.8 Å². The zero-order valence-corrected chi connectivity index (χ0v) is 18.5. The van der Waals surface area contributed by atoms with Gasteiger partial charge in [-0.05, 0) is 67.7 Å². The molecular weight excluding hydrogens is 414 g/mol. The molecule has 0 bridgehead atoms. The van der Waals surface area contributed by atoms with E-state index in [0.717, 1.165) is 38.9 Å². The number of carbonyl (C=O) groups is 2. The second-order valence-corrected chi connectivity index (χ2v) is 10.3. The zero-order chi connectivity index (χ0) is 22.4. The Morgan fingerprint density at radius 2 is 1.58 bits per heavy atom. The molecule has 1 saturated heterocycles. The van der Waals surface area contributed by atoms with Gasteiger partial charge >= 0.3 is 0 Å². The first-order valence-corrected chi connectivity index (χ1v) is 12.4. The van der Waals surface area contributed by atoms with Gasteiger partial charge in [0.2, 0.25) is 5.91 Å². The lowest BCUT2D eigenvalue weighted by Gasteiger charge is -2.30. The second-order valence-electron chi connectivity index (χ2n) is 8.19. The predicted molar refractivity (Wildman–Crippen MR) is 121 cm³/mol. The molecule has 31 heavy (non-hydrogen) atoms. The van der Waals surface area contributed by atoms with Gasteiger partial charge in [-0.25, -0.2) is 8.42 Å². The number of hydrogen-bond acceptors (Lipinski definition) is 5. The number of amides is 2. The maximum Gasteiger partial charge on any atom is 0.255 e. The fourth-order valence-electron chi connectivity index (χ4n) is 3.74. The van der Waals surface area contributed by atoms with Gasteiger partial charge < -0.3 is 16.0 Å². The number of nitrogens with zero attached hydrogens (tertiary/aromatic N) is 1. The van der Waals surface area contributed by atoms with Crippen LogP contribution in [-0.4, -0.2) is 51.0 Å². The van der Waals surface area contributed by atoms with Crippen molar-refractivity contribution in [2.45, 2.75) is 25.0 Å². The van der Waals surface area contributed by atoms with Gasteiger partial charge in [0.25, 0.3) is 5.91 Å². The van der Waals surface area contributed by atoms with E-state index in [9.17, 15) is 18.0 Å². The number of nitrogens with one attached hydrogen (secondary N) is 1. The SMILES string of the molecule is CS(=O)(=O)Cc1ccc(C(=O)Nc2ccc(CCN3CCC(C(N)=O)CC3)cc2)cc1. The maximum atomic E-state index is 12.4. The summed E-state index contributed by atoms with van der Waals surface area (Å²) in [5.74, 6) is -0.465. The topological polar surface area (TPSA) is 110 Å². The first kappa shape index (κ1) is 23.0. The van der Waals surface area contributed by atoms with Gasteiger partial charge in [0.1, 0.15) is 0 Å². The number of carbonyl (C=O) groups excluding carboxylic acids is 2. The van der Waals surface area contributed by atoms with E-state index in [2.05, 4.69) is 10.2 Å². The van der Waals surface area contributed by atoms with Crippen LogP contribution in [0.5, 0.6) is 0 Å². The summed E-state index contributed by atoms with van der Waals surface area (Å²) in [6.07, 6.45) is 3.74. The number of piperidine rings is 1. The van der Waals surface area contributed by atoms with E-state index in [1.807, 2.05) is 24.3 Å². The van der Waals surface area contributed by atoms with Crippen molar-refractivity contribution in [1.82, 2.24) is 4.90 Å². The number of anilines is 1. The highest BCUT2D eigenvalue weighted by Crippen LogP contribution is 2.18. The van der Waals surface area contributed by atoms with Crippen molar-refractivity contribution in [1.29, 1.82) is 0 Å². The summed E-state index contributed by atoms with van der Waals surface area (Å²) in [6.45, 7) is 2.71. The van der Waals surface area contributed by atoms with Crippen molar-refractivity contribution < 1.29 is 18.0 Å². The summed E-state index contributed by atoms with van der Waals surface area (Å²) in [5, 5.41) is 2.86. The Morgan fingerprint density at radius 3 is 2.13 bits per heavy atom. The summed E-state index contributed by atoms with van der Waals surface area (Å²) in [7, 11) is -3.10. The summed E-state index contributed by atoms with van der Waals surface area (Å²) < 4.78 is 22.7. The highest BCUT2D eigenvalue weighted by Gasteiger charge is 2.22. The Hall–Kier alpha value is -2.71. The molecule has 8 heteroatoms. The molecule has 0 radical (unpaired) electrons. The van der Waals surface area contributed by atoms with Gasteiger partial charge in [0.15, 0.2) is 9.84 Å². The quantitative estimate of drug-likeness (QED) is 0.650. The van der Waals surface area contributed by atoms with E-state index in [1.165, 1.54) is 11.8 Å². The minimum absolute atomic E-state index is 0.00929. The third-order valence-corrected chi connectivity index (χ3v) is 6.42. The predicted octanol–water partition coefficient (Wildman–Crippen LogP) is 2.22. The normalized spacial score (nSPS) is 15.5. The largest absolute Gasteiger partial charge is 0.369 e. The fraction of sp³-hybridized carbons (Fsp3) is 0.391. The lowest BCUT2D eigenvalue weighted by atomic mass is 9.96. The summed E-state index contributed by atoms with van der Waals surface area (Å²) in [5.41, 5.74) is 8.40. The maximum absolute atomic E-state index is 12.4. The fourth-order valence-corrected chi connectivity index (χ4v) is 4.54. The Balaban J connectivity index is 1.48. The smallest absolute Gasteiger partial charge is 0.255 e. The molecule has 0 atom stereocenters. The van der Waals surface area contributed by atoms with Crippen molar-refractivity contribution in [3.8, 4) is 0 Å². The number of sulfone groups is 1. The molecule has 1 fully saturated rings. The molecule has 2 amide bonds. The number of hydrogen-bond donors (Lipinski definition) is 2. The minimum atomic E-state index is -3.10. The lowest BCUT2D eigenvalue weighted by Crippen LogP contribution is -2.39.